The predicted molar refractivity (Wildman–Crippen MR) is 53.4 cm³/mol. The lowest BCUT2D eigenvalue weighted by molar-refractivity contribution is -0.138. The molecule has 1 atom stereocenters. The molecular weight excluding hydrogens is 166 g/mol. The number of nitrogens with two attached hydrogens (primary N) is 1. The van der Waals surface area contributed by atoms with Gasteiger partial charge in [-0.1, -0.05) is 23.8 Å². The van der Waals surface area contributed by atoms with Crippen LogP contribution in [-0.4, -0.2) is 17.1 Å². The summed E-state index contributed by atoms with van der Waals surface area (Å²) in [6, 6.07) is -0.742. The van der Waals surface area contributed by atoms with Crippen LogP contribution in [0.4, 0.5) is 0 Å². The normalized spacial score (nSPS) is 14.8. The minimum atomic E-state index is -0.932. The molecule has 0 aromatic carbocycles. The number of carbonyl (C=O) groups is 1. The summed E-state index contributed by atoms with van der Waals surface area (Å²) in [5, 5.41) is 8.51. The smallest absolute Gasteiger partial charge is 0.320 e. The summed E-state index contributed by atoms with van der Waals surface area (Å²) in [6.07, 6.45) is 7.06. The van der Waals surface area contributed by atoms with Crippen LogP contribution in [0.3, 0.4) is 0 Å². The second-order valence-electron chi connectivity index (χ2n) is 3.02. The van der Waals surface area contributed by atoms with E-state index >= 15 is 0 Å². The third-order valence-electron chi connectivity index (χ3n) is 1.74. The number of carboxylic acids is 1. The number of hydrogen-bond acceptors (Lipinski definition) is 2. The van der Waals surface area contributed by atoms with Crippen molar-refractivity contribution in [1.82, 2.24) is 0 Å². The van der Waals surface area contributed by atoms with Gasteiger partial charge in [-0.15, -0.1) is 0 Å². The van der Waals surface area contributed by atoms with E-state index in [4.69, 9.17) is 10.8 Å². The van der Waals surface area contributed by atoms with Gasteiger partial charge in [0.05, 0.1) is 0 Å². The zero-order valence-corrected chi connectivity index (χ0v) is 8.16. The van der Waals surface area contributed by atoms with Crippen molar-refractivity contribution in [3.8, 4) is 0 Å². The quantitative estimate of drug-likeness (QED) is 0.638. The Kier molecular flexibility index (Phi) is 5.89. The maximum absolute atomic E-state index is 10.4. The lowest BCUT2D eigenvalue weighted by atomic mass is 10.1. The molecule has 74 valence electrons. The largest absolute Gasteiger partial charge is 0.480 e. The van der Waals surface area contributed by atoms with E-state index < -0.39 is 12.0 Å². The monoisotopic (exact) mass is 183 g/mol. The summed E-state index contributed by atoms with van der Waals surface area (Å²) in [4.78, 5) is 10.4. The van der Waals surface area contributed by atoms with Crippen LogP contribution in [0.1, 0.15) is 26.7 Å². The first kappa shape index (κ1) is 11.9. The van der Waals surface area contributed by atoms with Gasteiger partial charge in [-0.25, -0.2) is 0 Å². The van der Waals surface area contributed by atoms with Crippen molar-refractivity contribution >= 4 is 5.97 Å². The first-order valence-corrected chi connectivity index (χ1v) is 4.34. The van der Waals surface area contributed by atoms with Gasteiger partial charge in [0, 0.05) is 0 Å². The molecule has 0 saturated heterocycles. The highest BCUT2D eigenvalue weighted by Crippen LogP contribution is 2.05. The van der Waals surface area contributed by atoms with E-state index in [1.807, 2.05) is 32.1 Å². The first-order chi connectivity index (χ1) is 6.07. The fourth-order valence-electron chi connectivity index (χ4n) is 0.850. The van der Waals surface area contributed by atoms with Crippen molar-refractivity contribution in [2.75, 3.05) is 0 Å². The fourth-order valence-corrected chi connectivity index (χ4v) is 0.850. The average molecular weight is 183 g/mol. The van der Waals surface area contributed by atoms with Gasteiger partial charge in [-0.05, 0) is 26.7 Å². The summed E-state index contributed by atoms with van der Waals surface area (Å²) in [5.41, 5.74) is 6.50. The Bertz CT molecular complexity index is 219. The Balaban J connectivity index is 3.82. The van der Waals surface area contributed by atoms with Gasteiger partial charge in [0.15, 0.2) is 0 Å². The number of hydrogen-bond donors (Lipinski definition) is 2. The molecule has 0 spiro atoms. The lowest BCUT2D eigenvalue weighted by Crippen LogP contribution is -2.29. The van der Waals surface area contributed by atoms with Crippen molar-refractivity contribution in [2.24, 2.45) is 5.73 Å². The lowest BCUT2D eigenvalue weighted by Gasteiger charge is -2.05. The Morgan fingerprint density at radius 2 is 2.23 bits per heavy atom. The van der Waals surface area contributed by atoms with Crippen LogP contribution < -0.4 is 5.73 Å². The second kappa shape index (κ2) is 6.43. The molecule has 0 fully saturated rings. The van der Waals surface area contributed by atoms with E-state index in [1.165, 1.54) is 0 Å². The standard InChI is InChI=1S/C10H17NO2/c1-3-4-5-8(2)6-7-9(11)10(12)13/h3-5,9H,6-7,11H2,1-2H3,(H,12,13)/b4-3-,8-5+. The van der Waals surface area contributed by atoms with Gasteiger partial charge in [0.1, 0.15) is 6.04 Å². The van der Waals surface area contributed by atoms with Crippen molar-refractivity contribution in [2.45, 2.75) is 32.7 Å². The molecule has 0 heterocycles. The summed E-state index contributed by atoms with van der Waals surface area (Å²) < 4.78 is 0. The molecule has 0 aliphatic rings. The minimum absolute atomic E-state index is 0.495. The van der Waals surface area contributed by atoms with Crippen LogP contribution in [0, 0.1) is 0 Å². The molecule has 0 aromatic heterocycles. The number of aliphatic carboxylic acids is 1. The van der Waals surface area contributed by atoms with Crippen molar-refractivity contribution < 1.29 is 9.90 Å². The van der Waals surface area contributed by atoms with Crippen LogP contribution in [0.5, 0.6) is 0 Å². The summed E-state index contributed by atoms with van der Waals surface area (Å²) >= 11 is 0. The summed E-state index contributed by atoms with van der Waals surface area (Å²) in [5.74, 6) is -0.932. The molecule has 3 N–H and O–H groups in total. The molecule has 0 rings (SSSR count). The van der Waals surface area contributed by atoms with Crippen LogP contribution >= 0.6 is 0 Å². The average Bonchev–Trinajstić information content (AvgIpc) is 2.10. The molecule has 0 bridgehead atoms. The highest BCUT2D eigenvalue weighted by molar-refractivity contribution is 5.73. The topological polar surface area (TPSA) is 63.3 Å². The van der Waals surface area contributed by atoms with Gasteiger partial charge in [0.25, 0.3) is 0 Å². The summed E-state index contributed by atoms with van der Waals surface area (Å²) in [6.45, 7) is 3.90. The molecule has 3 heteroatoms. The zero-order valence-electron chi connectivity index (χ0n) is 8.16. The van der Waals surface area contributed by atoms with Gasteiger partial charge in [0.2, 0.25) is 0 Å². The van der Waals surface area contributed by atoms with E-state index in [0.29, 0.717) is 6.42 Å². The number of allylic oxidation sites excluding steroid dienone is 4. The third kappa shape index (κ3) is 6.11. The molecule has 0 amide bonds. The van der Waals surface area contributed by atoms with Gasteiger partial charge in [-0.2, -0.15) is 0 Å². The van der Waals surface area contributed by atoms with Crippen molar-refractivity contribution in [3.63, 3.8) is 0 Å². The fraction of sp³-hybridized carbons (Fsp3) is 0.500. The first-order valence-electron chi connectivity index (χ1n) is 4.34. The molecule has 0 saturated carbocycles. The maximum atomic E-state index is 10.4. The van der Waals surface area contributed by atoms with Gasteiger partial charge < -0.3 is 10.8 Å². The van der Waals surface area contributed by atoms with E-state index in [-0.39, 0.29) is 0 Å². The molecule has 3 nitrogen and oxygen atoms in total. The second-order valence-corrected chi connectivity index (χ2v) is 3.02. The Hall–Kier alpha value is -1.09. The van der Waals surface area contributed by atoms with Crippen LogP contribution in [0.15, 0.2) is 23.8 Å². The minimum Gasteiger partial charge on any atom is -0.480 e. The van der Waals surface area contributed by atoms with E-state index in [2.05, 4.69) is 0 Å². The summed E-state index contributed by atoms with van der Waals surface area (Å²) in [7, 11) is 0. The zero-order chi connectivity index (χ0) is 10.3. The third-order valence-corrected chi connectivity index (χ3v) is 1.74. The van der Waals surface area contributed by atoms with E-state index in [1.54, 1.807) is 0 Å². The van der Waals surface area contributed by atoms with Crippen LogP contribution in [0.2, 0.25) is 0 Å². The Labute approximate surface area is 78.9 Å². The molecule has 0 aliphatic carbocycles. The highest BCUT2D eigenvalue weighted by atomic mass is 16.4. The molecule has 13 heavy (non-hydrogen) atoms. The van der Waals surface area contributed by atoms with Gasteiger partial charge in [-0.3, -0.25) is 4.79 Å². The molecule has 0 aliphatic heterocycles. The Morgan fingerprint density at radius 3 is 2.69 bits per heavy atom. The predicted octanol–water partition coefficient (Wildman–Crippen LogP) is 1.70. The maximum Gasteiger partial charge on any atom is 0.320 e. The number of rotatable bonds is 5. The molecule has 0 radical (unpaired) electrons. The Morgan fingerprint density at radius 1 is 1.62 bits per heavy atom. The highest BCUT2D eigenvalue weighted by Gasteiger charge is 2.10. The van der Waals surface area contributed by atoms with Crippen LogP contribution in [-0.2, 0) is 4.79 Å². The van der Waals surface area contributed by atoms with Crippen molar-refractivity contribution in [3.05, 3.63) is 23.8 Å². The van der Waals surface area contributed by atoms with E-state index in [9.17, 15) is 4.79 Å². The van der Waals surface area contributed by atoms with Crippen LogP contribution in [0.25, 0.3) is 0 Å². The number of carboxylic acid groups (broad SMARTS) is 1. The molecule has 0 aromatic rings. The molecule has 1 unspecified atom stereocenters. The van der Waals surface area contributed by atoms with Gasteiger partial charge >= 0.3 is 5.97 Å². The molecular formula is C10H17NO2. The van der Waals surface area contributed by atoms with E-state index in [0.717, 1.165) is 12.0 Å². The SMILES string of the molecule is C/C=C\C=C(/C)CCC(N)C(=O)O. The van der Waals surface area contributed by atoms with Crippen molar-refractivity contribution in [1.29, 1.82) is 0 Å².